The molecule has 0 aliphatic carbocycles. The number of para-hydroxylation sites is 1. The normalized spacial score (nSPS) is 17.7. The molecule has 1 aromatic heterocycles. The van der Waals surface area contributed by atoms with Crippen LogP contribution in [-0.2, 0) is 10.0 Å². The van der Waals surface area contributed by atoms with Crippen LogP contribution in [-0.4, -0.2) is 42.7 Å². The third kappa shape index (κ3) is 3.79. The molecule has 1 aromatic carbocycles. The molecule has 0 spiro atoms. The number of thiazole rings is 1. The molecule has 8 heteroatoms. The van der Waals surface area contributed by atoms with Gasteiger partial charge in [-0.25, -0.2) is 17.7 Å². The molecule has 1 aliphatic heterocycles. The maximum atomic E-state index is 12.1. The van der Waals surface area contributed by atoms with Crippen molar-refractivity contribution in [2.24, 2.45) is 0 Å². The summed E-state index contributed by atoms with van der Waals surface area (Å²) in [6.45, 7) is 2.91. The van der Waals surface area contributed by atoms with E-state index >= 15 is 0 Å². The molecule has 0 bridgehead atoms. The Morgan fingerprint density at radius 3 is 2.78 bits per heavy atom. The second-order valence-corrected chi connectivity index (χ2v) is 9.09. The van der Waals surface area contributed by atoms with Crippen LogP contribution >= 0.6 is 22.9 Å². The van der Waals surface area contributed by atoms with Crippen molar-refractivity contribution >= 4 is 43.2 Å². The maximum Gasteiger partial charge on any atom is 0.274 e. The Kier molecular flexibility index (Phi) is 5.10. The molecule has 5 nitrogen and oxygen atoms in total. The molecule has 23 heavy (non-hydrogen) atoms. The zero-order chi connectivity index (χ0) is 16.4. The molecule has 0 unspecified atom stereocenters. The van der Waals surface area contributed by atoms with Crippen LogP contribution in [0.1, 0.15) is 26.2 Å². The number of nitrogens with zero attached hydrogens (tertiary/aromatic N) is 2. The molecule has 0 radical (unpaired) electrons. The molecule has 1 aliphatic rings. The van der Waals surface area contributed by atoms with Crippen LogP contribution in [0, 0.1) is 0 Å². The zero-order valence-corrected chi connectivity index (χ0v) is 15.3. The maximum absolute atomic E-state index is 12.1. The van der Waals surface area contributed by atoms with Gasteiger partial charge < -0.3 is 4.74 Å². The van der Waals surface area contributed by atoms with E-state index in [2.05, 4.69) is 4.98 Å². The Hall–Kier alpha value is -0.890. The largest absolute Gasteiger partial charge is 0.467 e. The first kappa shape index (κ1) is 17.0. The molecular weight excluding hydrogens is 356 g/mol. The number of hydrogen-bond acceptors (Lipinski definition) is 5. The molecular formula is C15H19ClN2O3S2. The summed E-state index contributed by atoms with van der Waals surface area (Å²) in [6.07, 6.45) is 2.02. The van der Waals surface area contributed by atoms with Crippen LogP contribution in [0.4, 0.5) is 0 Å². The summed E-state index contributed by atoms with van der Waals surface area (Å²) in [4.78, 5) is 4.44. The molecule has 0 amide bonds. The van der Waals surface area contributed by atoms with Crippen LogP contribution in [0.3, 0.4) is 0 Å². The zero-order valence-electron chi connectivity index (χ0n) is 12.9. The third-order valence-electron chi connectivity index (χ3n) is 3.87. The third-order valence-corrected chi connectivity index (χ3v) is 7.17. The van der Waals surface area contributed by atoms with Crippen molar-refractivity contribution in [2.75, 3.05) is 18.8 Å². The van der Waals surface area contributed by atoms with Gasteiger partial charge in [-0.15, -0.1) is 0 Å². The van der Waals surface area contributed by atoms with Crippen molar-refractivity contribution < 1.29 is 13.2 Å². The van der Waals surface area contributed by atoms with E-state index in [1.165, 1.54) is 11.3 Å². The number of rotatable bonds is 5. The Morgan fingerprint density at radius 1 is 1.39 bits per heavy atom. The van der Waals surface area contributed by atoms with Gasteiger partial charge in [0.25, 0.3) is 5.19 Å². The smallest absolute Gasteiger partial charge is 0.274 e. The van der Waals surface area contributed by atoms with E-state index in [-0.39, 0.29) is 11.9 Å². The van der Waals surface area contributed by atoms with E-state index in [1.807, 2.05) is 25.1 Å². The van der Waals surface area contributed by atoms with Gasteiger partial charge >= 0.3 is 0 Å². The SMILES string of the molecule is CCCS(=O)(=O)N1CCC(Oc2nc3c(Cl)cccc3s2)CC1. The second kappa shape index (κ2) is 6.93. The van der Waals surface area contributed by atoms with Crippen molar-refractivity contribution in [3.8, 4) is 5.19 Å². The first-order valence-electron chi connectivity index (χ1n) is 7.69. The highest BCUT2D eigenvalue weighted by Crippen LogP contribution is 2.33. The Labute approximate surface area is 145 Å². The van der Waals surface area contributed by atoms with Gasteiger partial charge in [0.2, 0.25) is 10.0 Å². The summed E-state index contributed by atoms with van der Waals surface area (Å²) in [6, 6.07) is 5.67. The van der Waals surface area contributed by atoms with Gasteiger partial charge in [0, 0.05) is 13.1 Å². The van der Waals surface area contributed by atoms with Crippen molar-refractivity contribution in [2.45, 2.75) is 32.3 Å². The highest BCUT2D eigenvalue weighted by atomic mass is 35.5. The van der Waals surface area contributed by atoms with E-state index in [9.17, 15) is 8.42 Å². The second-order valence-electron chi connectivity index (χ2n) is 5.60. The number of halogens is 1. The summed E-state index contributed by atoms with van der Waals surface area (Å²) in [7, 11) is -3.11. The topological polar surface area (TPSA) is 59.5 Å². The lowest BCUT2D eigenvalue weighted by Gasteiger charge is -2.30. The summed E-state index contributed by atoms with van der Waals surface area (Å²) in [5.41, 5.74) is 0.761. The first-order valence-corrected chi connectivity index (χ1v) is 10.5. The van der Waals surface area contributed by atoms with Crippen LogP contribution in [0.2, 0.25) is 5.02 Å². The Bertz CT molecular complexity index is 783. The average Bonchev–Trinajstić information content (AvgIpc) is 2.92. The van der Waals surface area contributed by atoms with Gasteiger partial charge in [0.15, 0.2) is 0 Å². The fraction of sp³-hybridized carbons (Fsp3) is 0.533. The number of aromatic nitrogens is 1. The van der Waals surface area contributed by atoms with Gasteiger partial charge in [-0.1, -0.05) is 35.9 Å². The molecule has 126 valence electrons. The van der Waals surface area contributed by atoms with Gasteiger partial charge in [-0.3, -0.25) is 0 Å². The summed E-state index contributed by atoms with van der Waals surface area (Å²) >= 11 is 7.60. The average molecular weight is 375 g/mol. The molecule has 1 fully saturated rings. The van der Waals surface area contributed by atoms with E-state index in [0.717, 1.165) is 10.2 Å². The summed E-state index contributed by atoms with van der Waals surface area (Å²) < 4.78 is 32.6. The van der Waals surface area contributed by atoms with Crippen LogP contribution in [0.5, 0.6) is 5.19 Å². The number of piperidine rings is 1. The quantitative estimate of drug-likeness (QED) is 0.803. The molecule has 2 aromatic rings. The molecule has 1 saturated heterocycles. The lowest BCUT2D eigenvalue weighted by Crippen LogP contribution is -2.42. The Morgan fingerprint density at radius 2 is 2.13 bits per heavy atom. The molecule has 2 heterocycles. The minimum absolute atomic E-state index is 0.00224. The number of fused-ring (bicyclic) bond motifs is 1. The lowest BCUT2D eigenvalue weighted by atomic mass is 10.1. The lowest BCUT2D eigenvalue weighted by molar-refractivity contribution is 0.135. The van der Waals surface area contributed by atoms with Crippen molar-refractivity contribution in [1.82, 2.24) is 9.29 Å². The molecule has 0 saturated carbocycles. The standard InChI is InChI=1S/C15H19ClN2O3S2/c1-2-10-23(19,20)18-8-6-11(7-9-18)21-15-17-14-12(16)4-3-5-13(14)22-15/h3-5,11H,2,6-10H2,1H3. The van der Waals surface area contributed by atoms with Gasteiger partial charge in [-0.05, 0) is 31.4 Å². The van der Waals surface area contributed by atoms with E-state index in [4.69, 9.17) is 16.3 Å². The number of benzene rings is 1. The highest BCUT2D eigenvalue weighted by Gasteiger charge is 2.28. The van der Waals surface area contributed by atoms with E-state index < -0.39 is 10.0 Å². The van der Waals surface area contributed by atoms with Crippen LogP contribution < -0.4 is 4.74 Å². The number of sulfonamides is 1. The molecule has 0 N–H and O–H groups in total. The minimum atomic E-state index is -3.11. The fourth-order valence-electron chi connectivity index (χ4n) is 2.70. The van der Waals surface area contributed by atoms with E-state index in [0.29, 0.717) is 42.6 Å². The predicted molar refractivity (Wildman–Crippen MR) is 93.9 cm³/mol. The minimum Gasteiger partial charge on any atom is -0.467 e. The first-order chi connectivity index (χ1) is 11.0. The predicted octanol–water partition coefficient (Wildman–Crippen LogP) is 3.53. The summed E-state index contributed by atoms with van der Waals surface area (Å²) in [5.74, 6) is 0.217. The summed E-state index contributed by atoms with van der Waals surface area (Å²) in [5, 5.41) is 1.22. The number of ether oxygens (including phenoxy) is 1. The van der Waals surface area contributed by atoms with E-state index in [1.54, 1.807) is 4.31 Å². The van der Waals surface area contributed by atoms with Crippen LogP contribution in [0.15, 0.2) is 18.2 Å². The Balaban J connectivity index is 1.63. The van der Waals surface area contributed by atoms with Crippen molar-refractivity contribution in [1.29, 1.82) is 0 Å². The molecule has 3 rings (SSSR count). The fourth-order valence-corrected chi connectivity index (χ4v) is 5.42. The van der Waals surface area contributed by atoms with Crippen molar-refractivity contribution in [3.05, 3.63) is 23.2 Å². The van der Waals surface area contributed by atoms with Gasteiger partial charge in [0.05, 0.1) is 15.5 Å². The monoisotopic (exact) mass is 374 g/mol. The highest BCUT2D eigenvalue weighted by molar-refractivity contribution is 7.89. The van der Waals surface area contributed by atoms with Gasteiger partial charge in [0.1, 0.15) is 11.6 Å². The van der Waals surface area contributed by atoms with Crippen molar-refractivity contribution in [3.63, 3.8) is 0 Å². The molecule has 0 atom stereocenters. The van der Waals surface area contributed by atoms with Gasteiger partial charge in [-0.2, -0.15) is 0 Å². The van der Waals surface area contributed by atoms with Crippen LogP contribution in [0.25, 0.3) is 10.2 Å². The number of hydrogen-bond donors (Lipinski definition) is 0.